The summed E-state index contributed by atoms with van der Waals surface area (Å²) >= 11 is 0. The molecule has 1 unspecified atom stereocenters. The maximum atomic E-state index is 9.77. The molecule has 2 heteroatoms. The maximum Gasteiger partial charge on any atom is 0.124 e. The van der Waals surface area contributed by atoms with Crippen molar-refractivity contribution in [2.24, 2.45) is 4.99 Å². The van der Waals surface area contributed by atoms with Crippen molar-refractivity contribution in [3.8, 4) is 5.75 Å². The third-order valence-electron chi connectivity index (χ3n) is 3.65. The van der Waals surface area contributed by atoms with Gasteiger partial charge in [-0.25, -0.2) is 0 Å². The maximum absolute atomic E-state index is 9.77. The first-order valence-corrected chi connectivity index (χ1v) is 7.04. The molecule has 1 N–H and O–H groups in total. The topological polar surface area (TPSA) is 32.6 Å². The number of phenolic OH excluding ortho intramolecular Hbond substituents is 1. The van der Waals surface area contributed by atoms with Gasteiger partial charge >= 0.3 is 0 Å². The molecule has 1 atom stereocenters. The third kappa shape index (κ3) is 2.79. The minimum atomic E-state index is 0.0377. The number of hydrogen-bond acceptors (Lipinski definition) is 2. The number of hydrogen-bond donors (Lipinski definition) is 1. The molecule has 3 rings (SSSR count). The minimum absolute atomic E-state index is 0.0377. The summed E-state index contributed by atoms with van der Waals surface area (Å²) in [5.41, 5.74) is 1.93. The third-order valence-corrected chi connectivity index (χ3v) is 3.65. The van der Waals surface area contributed by atoms with Crippen LogP contribution in [0.3, 0.4) is 0 Å². The van der Waals surface area contributed by atoms with E-state index in [1.165, 1.54) is 16.3 Å². The zero-order chi connectivity index (χ0) is 14.7. The Hall–Kier alpha value is -2.61. The summed E-state index contributed by atoms with van der Waals surface area (Å²) in [5.74, 6) is 0.256. The van der Waals surface area contributed by atoms with Crippen LogP contribution in [0.25, 0.3) is 10.8 Å². The van der Waals surface area contributed by atoms with Gasteiger partial charge in [-0.05, 0) is 35.4 Å². The summed E-state index contributed by atoms with van der Waals surface area (Å²) in [6, 6.07) is 21.9. The van der Waals surface area contributed by atoms with Crippen LogP contribution in [0.5, 0.6) is 5.75 Å². The Morgan fingerprint density at radius 2 is 1.62 bits per heavy atom. The van der Waals surface area contributed by atoms with E-state index in [0.717, 1.165) is 5.56 Å². The molecular formula is C19H17NO. The van der Waals surface area contributed by atoms with Gasteiger partial charge in [-0.1, -0.05) is 54.6 Å². The molecule has 0 aliphatic rings. The molecule has 0 amide bonds. The highest BCUT2D eigenvalue weighted by atomic mass is 16.3. The van der Waals surface area contributed by atoms with E-state index in [1.54, 1.807) is 18.3 Å². The number of fused-ring (bicyclic) bond motifs is 1. The summed E-state index contributed by atoms with van der Waals surface area (Å²) in [5, 5.41) is 12.2. The monoisotopic (exact) mass is 275 g/mol. The quantitative estimate of drug-likeness (QED) is 0.689. The number of rotatable bonds is 3. The first-order valence-electron chi connectivity index (χ1n) is 7.04. The minimum Gasteiger partial charge on any atom is -0.507 e. The van der Waals surface area contributed by atoms with Crippen LogP contribution in [-0.4, -0.2) is 11.3 Å². The molecule has 0 bridgehead atoms. The first-order chi connectivity index (χ1) is 10.3. The molecule has 0 radical (unpaired) electrons. The highest BCUT2D eigenvalue weighted by Crippen LogP contribution is 2.26. The predicted molar refractivity (Wildman–Crippen MR) is 88.1 cm³/mol. The molecular weight excluding hydrogens is 258 g/mol. The van der Waals surface area contributed by atoms with E-state index in [9.17, 15) is 5.11 Å². The van der Waals surface area contributed by atoms with Gasteiger partial charge in [-0.3, -0.25) is 4.99 Å². The summed E-state index contributed by atoms with van der Waals surface area (Å²) in [6.07, 6.45) is 1.74. The van der Waals surface area contributed by atoms with Crippen LogP contribution in [0, 0.1) is 0 Å². The molecule has 2 nitrogen and oxygen atoms in total. The van der Waals surface area contributed by atoms with Crippen LogP contribution in [-0.2, 0) is 0 Å². The van der Waals surface area contributed by atoms with Gasteiger partial charge in [0.2, 0.25) is 0 Å². The molecule has 0 fully saturated rings. The Labute approximate surface area is 124 Å². The van der Waals surface area contributed by atoms with Gasteiger partial charge in [0, 0.05) is 11.8 Å². The molecule has 3 aromatic carbocycles. The van der Waals surface area contributed by atoms with Gasteiger partial charge < -0.3 is 5.11 Å². The lowest BCUT2D eigenvalue weighted by Gasteiger charge is -2.10. The Morgan fingerprint density at radius 3 is 2.48 bits per heavy atom. The van der Waals surface area contributed by atoms with Crippen LogP contribution < -0.4 is 0 Å². The fourth-order valence-electron chi connectivity index (χ4n) is 2.48. The van der Waals surface area contributed by atoms with Gasteiger partial charge in [0.05, 0.1) is 6.04 Å². The SMILES string of the molecule is CC(N=Cc1ccccc1O)c1cccc2ccccc12. The van der Waals surface area contributed by atoms with E-state index in [-0.39, 0.29) is 11.8 Å². The van der Waals surface area contributed by atoms with Crippen molar-refractivity contribution in [1.29, 1.82) is 0 Å². The van der Waals surface area contributed by atoms with Crippen molar-refractivity contribution in [2.75, 3.05) is 0 Å². The van der Waals surface area contributed by atoms with Crippen LogP contribution >= 0.6 is 0 Å². The molecule has 3 aromatic rings. The van der Waals surface area contributed by atoms with Crippen molar-refractivity contribution in [2.45, 2.75) is 13.0 Å². The Morgan fingerprint density at radius 1 is 0.905 bits per heavy atom. The first kappa shape index (κ1) is 13.4. The lowest BCUT2D eigenvalue weighted by molar-refractivity contribution is 0.474. The van der Waals surface area contributed by atoms with Gasteiger partial charge in [-0.15, -0.1) is 0 Å². The zero-order valence-electron chi connectivity index (χ0n) is 11.9. The van der Waals surface area contributed by atoms with Crippen LogP contribution in [0.4, 0.5) is 0 Å². The van der Waals surface area contributed by atoms with Crippen molar-refractivity contribution in [3.63, 3.8) is 0 Å². The summed E-state index contributed by atoms with van der Waals surface area (Å²) in [4.78, 5) is 4.59. The predicted octanol–water partition coefficient (Wildman–Crippen LogP) is 4.73. The second kappa shape index (κ2) is 5.80. The van der Waals surface area contributed by atoms with E-state index >= 15 is 0 Å². The van der Waals surface area contributed by atoms with Gasteiger partial charge in [0.25, 0.3) is 0 Å². The van der Waals surface area contributed by atoms with E-state index in [4.69, 9.17) is 0 Å². The molecule has 0 saturated carbocycles. The van der Waals surface area contributed by atoms with E-state index in [0.29, 0.717) is 0 Å². The van der Waals surface area contributed by atoms with Crippen molar-refractivity contribution in [1.82, 2.24) is 0 Å². The lowest BCUT2D eigenvalue weighted by Crippen LogP contribution is -1.93. The molecule has 0 spiro atoms. The molecule has 104 valence electrons. The fraction of sp³-hybridized carbons (Fsp3) is 0.105. The molecule has 0 heterocycles. The molecule has 21 heavy (non-hydrogen) atoms. The second-order valence-electron chi connectivity index (χ2n) is 5.08. The smallest absolute Gasteiger partial charge is 0.124 e. The fourth-order valence-corrected chi connectivity index (χ4v) is 2.48. The summed E-state index contributed by atoms with van der Waals surface area (Å²) < 4.78 is 0. The van der Waals surface area contributed by atoms with Gasteiger partial charge in [0.1, 0.15) is 5.75 Å². The second-order valence-corrected chi connectivity index (χ2v) is 5.08. The number of aromatic hydroxyl groups is 1. The van der Waals surface area contributed by atoms with E-state index in [2.05, 4.69) is 42.2 Å². The number of nitrogens with zero attached hydrogens (tertiary/aromatic N) is 1. The zero-order valence-corrected chi connectivity index (χ0v) is 11.9. The average molecular weight is 275 g/mol. The molecule has 0 saturated heterocycles. The van der Waals surface area contributed by atoms with Crippen LogP contribution in [0.15, 0.2) is 71.7 Å². The summed E-state index contributed by atoms with van der Waals surface area (Å²) in [6.45, 7) is 2.07. The van der Waals surface area contributed by atoms with Crippen molar-refractivity contribution in [3.05, 3.63) is 77.9 Å². The van der Waals surface area contributed by atoms with Crippen LogP contribution in [0.1, 0.15) is 24.1 Å². The Kier molecular flexibility index (Phi) is 3.69. The summed E-state index contributed by atoms with van der Waals surface area (Å²) in [7, 11) is 0. The number of benzene rings is 3. The highest BCUT2D eigenvalue weighted by molar-refractivity contribution is 5.87. The average Bonchev–Trinajstić information content (AvgIpc) is 2.53. The van der Waals surface area contributed by atoms with Crippen molar-refractivity contribution < 1.29 is 5.11 Å². The van der Waals surface area contributed by atoms with Crippen LogP contribution in [0.2, 0.25) is 0 Å². The molecule has 0 aliphatic heterocycles. The number of phenols is 1. The van der Waals surface area contributed by atoms with Crippen molar-refractivity contribution >= 4 is 17.0 Å². The lowest BCUT2D eigenvalue weighted by atomic mass is 10.00. The number of para-hydroxylation sites is 1. The molecule has 0 aromatic heterocycles. The van der Waals surface area contributed by atoms with E-state index in [1.807, 2.05) is 24.3 Å². The Bertz CT molecular complexity index is 787. The largest absolute Gasteiger partial charge is 0.507 e. The standard InChI is InChI=1S/C19H17NO/c1-14(20-13-16-8-3-5-12-19(16)21)17-11-6-9-15-7-2-4-10-18(15)17/h2-14,21H,1H3. The Balaban J connectivity index is 1.94. The van der Waals surface area contributed by atoms with E-state index < -0.39 is 0 Å². The number of aliphatic imine (C=N–C) groups is 1. The normalized spacial score (nSPS) is 12.8. The molecule has 0 aliphatic carbocycles. The van der Waals surface area contributed by atoms with Gasteiger partial charge in [0.15, 0.2) is 0 Å². The highest BCUT2D eigenvalue weighted by Gasteiger charge is 2.07. The van der Waals surface area contributed by atoms with Gasteiger partial charge in [-0.2, -0.15) is 0 Å².